The summed E-state index contributed by atoms with van der Waals surface area (Å²) < 4.78 is 5.70. The maximum atomic E-state index is 13.0. The molecule has 0 spiro atoms. The SMILES string of the molecule is O=C(N[C@H]1C[C@H]2CC(C(=O)N3CCCC3C(=O)O)C[C@H]21)OCC1c2ccccc2-c2ccccc21. The Balaban J connectivity index is 1.04. The molecule has 5 atom stereocenters. The van der Waals surface area contributed by atoms with Gasteiger partial charge in [-0.1, -0.05) is 48.5 Å². The monoisotopic (exact) mass is 474 g/mol. The second kappa shape index (κ2) is 8.70. The van der Waals surface area contributed by atoms with Gasteiger partial charge in [-0.15, -0.1) is 0 Å². The summed E-state index contributed by atoms with van der Waals surface area (Å²) in [5.41, 5.74) is 4.76. The quantitative estimate of drug-likeness (QED) is 0.683. The molecule has 2 amide bonds. The number of amides is 2. The Hall–Kier alpha value is -3.35. The fourth-order valence-electron chi connectivity index (χ4n) is 6.91. The highest BCUT2D eigenvalue weighted by molar-refractivity contribution is 5.86. The van der Waals surface area contributed by atoms with Crippen LogP contribution in [0.4, 0.5) is 4.79 Å². The topological polar surface area (TPSA) is 95.9 Å². The number of carboxylic acid groups (broad SMARTS) is 1. The van der Waals surface area contributed by atoms with Gasteiger partial charge in [0.1, 0.15) is 12.6 Å². The van der Waals surface area contributed by atoms with E-state index in [1.54, 1.807) is 4.90 Å². The van der Waals surface area contributed by atoms with Gasteiger partial charge in [-0.3, -0.25) is 4.79 Å². The van der Waals surface area contributed by atoms with E-state index in [0.29, 0.717) is 25.3 Å². The first-order valence-corrected chi connectivity index (χ1v) is 12.7. The molecule has 7 nitrogen and oxygen atoms in total. The van der Waals surface area contributed by atoms with E-state index in [4.69, 9.17) is 4.74 Å². The summed E-state index contributed by atoms with van der Waals surface area (Å²) in [7, 11) is 0. The van der Waals surface area contributed by atoms with Crippen LogP contribution in [0.15, 0.2) is 48.5 Å². The minimum Gasteiger partial charge on any atom is -0.480 e. The van der Waals surface area contributed by atoms with Crippen molar-refractivity contribution in [1.29, 1.82) is 0 Å². The van der Waals surface area contributed by atoms with Crippen molar-refractivity contribution in [2.75, 3.05) is 13.2 Å². The van der Waals surface area contributed by atoms with E-state index in [1.165, 1.54) is 22.3 Å². The molecule has 2 unspecified atom stereocenters. The van der Waals surface area contributed by atoms with E-state index in [-0.39, 0.29) is 36.3 Å². The van der Waals surface area contributed by atoms with Crippen LogP contribution in [-0.4, -0.2) is 53.2 Å². The Morgan fingerprint density at radius 1 is 0.971 bits per heavy atom. The highest BCUT2D eigenvalue weighted by atomic mass is 16.5. The van der Waals surface area contributed by atoms with E-state index in [1.807, 2.05) is 24.3 Å². The summed E-state index contributed by atoms with van der Waals surface area (Å²) >= 11 is 0. The predicted molar refractivity (Wildman–Crippen MR) is 129 cm³/mol. The van der Waals surface area contributed by atoms with Crippen LogP contribution in [-0.2, 0) is 14.3 Å². The average molecular weight is 475 g/mol. The standard InChI is InChI=1S/C28H30N2O5/c31-26(30-11-5-10-25(30)27(32)33)17-12-16-14-24(22(16)13-17)29-28(34)35-15-23-20-8-3-1-6-18(20)19-7-2-4-9-21(19)23/h1-4,6-9,16-17,22-25H,5,10-15H2,(H,29,34)(H,32,33)/t16-,17?,22-,24+,25?/m1/s1. The van der Waals surface area contributed by atoms with Gasteiger partial charge in [0, 0.05) is 24.4 Å². The third-order valence-electron chi connectivity index (χ3n) is 8.64. The number of benzene rings is 2. The van der Waals surface area contributed by atoms with Crippen LogP contribution < -0.4 is 5.32 Å². The highest BCUT2D eigenvalue weighted by Crippen LogP contribution is 2.50. The normalized spacial score (nSPS) is 28.6. The third-order valence-corrected chi connectivity index (χ3v) is 8.64. The van der Waals surface area contributed by atoms with Crippen LogP contribution in [0.2, 0.25) is 0 Å². The van der Waals surface area contributed by atoms with Crippen molar-refractivity contribution in [2.24, 2.45) is 17.8 Å². The van der Waals surface area contributed by atoms with E-state index in [2.05, 4.69) is 29.6 Å². The smallest absolute Gasteiger partial charge is 0.407 e. The maximum Gasteiger partial charge on any atom is 0.407 e. The molecule has 1 aliphatic heterocycles. The lowest BCUT2D eigenvalue weighted by atomic mass is 9.71. The molecule has 1 heterocycles. The van der Waals surface area contributed by atoms with Crippen LogP contribution in [0.1, 0.15) is 49.1 Å². The molecule has 4 aliphatic rings. The van der Waals surface area contributed by atoms with Gasteiger partial charge in [0.25, 0.3) is 0 Å². The van der Waals surface area contributed by atoms with E-state index in [0.717, 1.165) is 19.3 Å². The van der Waals surface area contributed by atoms with Crippen LogP contribution in [0, 0.1) is 17.8 Å². The van der Waals surface area contributed by atoms with Gasteiger partial charge in [-0.05, 0) is 66.2 Å². The van der Waals surface area contributed by atoms with Gasteiger partial charge in [-0.25, -0.2) is 9.59 Å². The van der Waals surface area contributed by atoms with E-state index >= 15 is 0 Å². The molecule has 3 fully saturated rings. The maximum absolute atomic E-state index is 13.0. The van der Waals surface area contributed by atoms with Gasteiger partial charge in [0.05, 0.1) is 0 Å². The van der Waals surface area contributed by atoms with Crippen molar-refractivity contribution in [3.05, 3.63) is 59.7 Å². The van der Waals surface area contributed by atoms with Crippen LogP contribution in [0.5, 0.6) is 0 Å². The number of hydrogen-bond donors (Lipinski definition) is 2. The number of carboxylic acids is 1. The van der Waals surface area contributed by atoms with Crippen molar-refractivity contribution < 1.29 is 24.2 Å². The van der Waals surface area contributed by atoms with Crippen molar-refractivity contribution in [3.8, 4) is 11.1 Å². The summed E-state index contributed by atoms with van der Waals surface area (Å²) in [6.07, 6.45) is 3.22. The number of nitrogens with one attached hydrogen (secondary N) is 1. The molecule has 6 rings (SSSR count). The molecule has 2 aromatic rings. The molecule has 35 heavy (non-hydrogen) atoms. The first kappa shape index (κ1) is 22.1. The lowest BCUT2D eigenvalue weighted by Crippen LogP contribution is -2.50. The molecule has 7 heteroatoms. The summed E-state index contributed by atoms with van der Waals surface area (Å²) in [6, 6.07) is 15.9. The lowest BCUT2D eigenvalue weighted by Gasteiger charge is -2.40. The zero-order valence-corrected chi connectivity index (χ0v) is 19.6. The number of carbonyl (C=O) groups is 3. The van der Waals surface area contributed by atoms with Gasteiger partial charge < -0.3 is 20.1 Å². The zero-order valence-electron chi connectivity index (χ0n) is 19.6. The molecule has 3 aliphatic carbocycles. The Labute approximate surface area is 204 Å². The van der Waals surface area contributed by atoms with Crippen molar-refractivity contribution >= 4 is 18.0 Å². The largest absolute Gasteiger partial charge is 0.480 e. The molecule has 2 N–H and O–H groups in total. The fraction of sp³-hybridized carbons (Fsp3) is 0.464. The Morgan fingerprint density at radius 3 is 2.34 bits per heavy atom. The number of ether oxygens (including phenoxy) is 1. The molecule has 1 saturated heterocycles. The van der Waals surface area contributed by atoms with Crippen LogP contribution in [0.25, 0.3) is 11.1 Å². The van der Waals surface area contributed by atoms with Crippen LogP contribution >= 0.6 is 0 Å². The summed E-state index contributed by atoms with van der Waals surface area (Å²) in [5, 5.41) is 12.5. The number of nitrogens with zero attached hydrogens (tertiary/aromatic N) is 1. The van der Waals surface area contributed by atoms with Gasteiger partial charge in [-0.2, -0.15) is 0 Å². The molecule has 2 saturated carbocycles. The summed E-state index contributed by atoms with van der Waals surface area (Å²) in [4.78, 5) is 38.7. The van der Waals surface area contributed by atoms with E-state index < -0.39 is 18.1 Å². The average Bonchev–Trinajstić information content (AvgIpc) is 3.56. The van der Waals surface area contributed by atoms with Crippen LogP contribution in [0.3, 0.4) is 0 Å². The van der Waals surface area contributed by atoms with Gasteiger partial charge in [0.2, 0.25) is 5.91 Å². The molecular formula is C28H30N2O5. The molecule has 0 aromatic heterocycles. The van der Waals surface area contributed by atoms with Crippen molar-refractivity contribution in [1.82, 2.24) is 10.2 Å². The van der Waals surface area contributed by atoms with Gasteiger partial charge in [0.15, 0.2) is 0 Å². The van der Waals surface area contributed by atoms with E-state index in [9.17, 15) is 19.5 Å². The molecule has 2 aromatic carbocycles. The first-order chi connectivity index (χ1) is 17.0. The second-order valence-corrected chi connectivity index (χ2v) is 10.4. The Kier molecular flexibility index (Phi) is 5.50. The molecular weight excluding hydrogens is 444 g/mol. The highest BCUT2D eigenvalue weighted by Gasteiger charge is 2.51. The number of alkyl carbamates (subject to hydrolysis) is 1. The van der Waals surface area contributed by atoms with Crippen molar-refractivity contribution in [3.63, 3.8) is 0 Å². The number of hydrogen-bond acceptors (Lipinski definition) is 4. The minimum atomic E-state index is -0.911. The second-order valence-electron chi connectivity index (χ2n) is 10.4. The predicted octanol–water partition coefficient (Wildman–Crippen LogP) is 4.02. The Bertz CT molecular complexity index is 1130. The number of aliphatic carboxylic acids is 1. The Morgan fingerprint density at radius 2 is 1.66 bits per heavy atom. The minimum absolute atomic E-state index is 0.0160. The van der Waals surface area contributed by atoms with Crippen molar-refractivity contribution in [2.45, 2.75) is 50.1 Å². The number of fused-ring (bicyclic) bond motifs is 4. The zero-order chi connectivity index (χ0) is 24.1. The number of likely N-dealkylation sites (tertiary alicyclic amines) is 1. The third kappa shape index (κ3) is 3.77. The molecule has 182 valence electrons. The summed E-state index contributed by atoms with van der Waals surface area (Å²) in [6.45, 7) is 0.816. The number of rotatable bonds is 5. The summed E-state index contributed by atoms with van der Waals surface area (Å²) in [5.74, 6) is -0.377. The molecule has 0 bridgehead atoms. The molecule has 0 radical (unpaired) electrons. The van der Waals surface area contributed by atoms with Gasteiger partial charge >= 0.3 is 12.1 Å². The lowest BCUT2D eigenvalue weighted by molar-refractivity contribution is -0.149. The fourth-order valence-corrected chi connectivity index (χ4v) is 6.91. The first-order valence-electron chi connectivity index (χ1n) is 12.7. The number of carbonyl (C=O) groups excluding carboxylic acids is 2.